The zero-order valence-electron chi connectivity index (χ0n) is 18.1. The van der Waals surface area contributed by atoms with Gasteiger partial charge in [-0.3, -0.25) is 4.79 Å². The Balaban J connectivity index is 1.63. The van der Waals surface area contributed by atoms with Crippen LogP contribution < -0.4 is 19.1 Å². The van der Waals surface area contributed by atoms with E-state index in [1.54, 1.807) is 43.4 Å². The molecule has 1 heterocycles. The maximum Gasteiger partial charge on any atom is 0.224 e. The highest BCUT2D eigenvalue weighted by Gasteiger charge is 2.26. The van der Waals surface area contributed by atoms with Crippen LogP contribution in [0.3, 0.4) is 0 Å². The number of carbonyl (C=O) groups is 1. The normalized spacial score (nSPS) is 15.5. The van der Waals surface area contributed by atoms with Crippen LogP contribution in [-0.4, -0.2) is 65.9 Å². The number of methoxy groups -OCH3 is 2. The summed E-state index contributed by atoms with van der Waals surface area (Å²) in [6.07, 6.45) is 1.16. The second-order valence-electron chi connectivity index (χ2n) is 7.49. The van der Waals surface area contributed by atoms with Crippen LogP contribution in [-0.2, 0) is 14.8 Å². The lowest BCUT2D eigenvalue weighted by Crippen LogP contribution is -2.49. The Morgan fingerprint density at radius 1 is 0.935 bits per heavy atom. The van der Waals surface area contributed by atoms with Crippen molar-refractivity contribution in [3.63, 3.8) is 0 Å². The van der Waals surface area contributed by atoms with Gasteiger partial charge in [0.25, 0.3) is 0 Å². The molecular weight excluding hydrogens is 418 g/mol. The van der Waals surface area contributed by atoms with E-state index in [1.165, 1.54) is 0 Å². The minimum absolute atomic E-state index is 0.0575. The van der Waals surface area contributed by atoms with Gasteiger partial charge < -0.3 is 19.3 Å². The lowest BCUT2D eigenvalue weighted by molar-refractivity contribution is -0.132. The summed E-state index contributed by atoms with van der Waals surface area (Å²) in [5.74, 6) is 1.40. The number of benzene rings is 2. The van der Waals surface area contributed by atoms with E-state index in [9.17, 15) is 13.2 Å². The van der Waals surface area contributed by atoms with Gasteiger partial charge in [-0.1, -0.05) is 12.1 Å². The minimum Gasteiger partial charge on any atom is -0.497 e. The Morgan fingerprint density at radius 3 is 1.94 bits per heavy atom. The fourth-order valence-electron chi connectivity index (χ4n) is 3.63. The summed E-state index contributed by atoms with van der Waals surface area (Å²) in [6.45, 7) is 2.59. The first-order chi connectivity index (χ1) is 14.8. The van der Waals surface area contributed by atoms with E-state index in [2.05, 4.69) is 9.62 Å². The van der Waals surface area contributed by atoms with Gasteiger partial charge in [-0.15, -0.1) is 0 Å². The highest BCUT2D eigenvalue weighted by Crippen LogP contribution is 2.24. The largest absolute Gasteiger partial charge is 0.497 e. The van der Waals surface area contributed by atoms with Gasteiger partial charge in [0.05, 0.1) is 26.5 Å². The number of amides is 1. The lowest BCUT2D eigenvalue weighted by atomic mass is 10.0. The summed E-state index contributed by atoms with van der Waals surface area (Å²) in [5, 5.41) is 0. The molecule has 0 radical (unpaired) electrons. The fraction of sp³-hybridized carbons (Fsp3) is 0.409. The van der Waals surface area contributed by atoms with Gasteiger partial charge in [0.2, 0.25) is 15.9 Å². The molecule has 1 unspecified atom stereocenters. The van der Waals surface area contributed by atoms with Gasteiger partial charge in [0.1, 0.15) is 11.5 Å². The topological polar surface area (TPSA) is 88.2 Å². The van der Waals surface area contributed by atoms with Crippen molar-refractivity contribution < 1.29 is 22.7 Å². The molecule has 1 aliphatic heterocycles. The Labute approximate surface area is 183 Å². The average molecular weight is 448 g/mol. The number of anilines is 1. The van der Waals surface area contributed by atoms with Crippen LogP contribution in [0.15, 0.2) is 48.5 Å². The minimum atomic E-state index is -3.48. The van der Waals surface area contributed by atoms with Crippen molar-refractivity contribution in [1.82, 2.24) is 9.62 Å². The number of piperazine rings is 1. The molecule has 3 rings (SSSR count). The van der Waals surface area contributed by atoms with Gasteiger partial charge >= 0.3 is 0 Å². The molecule has 0 saturated carbocycles. The maximum atomic E-state index is 12.9. The number of hydrogen-bond donors (Lipinski definition) is 1. The lowest BCUT2D eigenvalue weighted by Gasteiger charge is -2.36. The Kier molecular flexibility index (Phi) is 7.40. The van der Waals surface area contributed by atoms with Gasteiger partial charge in [-0.2, -0.15) is 0 Å². The number of rotatable bonds is 8. The van der Waals surface area contributed by atoms with Crippen molar-refractivity contribution in [2.24, 2.45) is 0 Å². The molecule has 0 aromatic heterocycles. The summed E-state index contributed by atoms with van der Waals surface area (Å²) in [7, 11) is -0.283. The van der Waals surface area contributed by atoms with Crippen molar-refractivity contribution in [2.75, 3.05) is 51.6 Å². The second-order valence-corrected chi connectivity index (χ2v) is 9.27. The van der Waals surface area contributed by atoms with E-state index in [4.69, 9.17) is 9.47 Å². The number of nitrogens with zero attached hydrogens (tertiary/aromatic N) is 2. The molecule has 168 valence electrons. The summed E-state index contributed by atoms with van der Waals surface area (Å²) in [4.78, 5) is 17.0. The van der Waals surface area contributed by atoms with Crippen LogP contribution in [0.25, 0.3) is 0 Å². The molecule has 2 aromatic rings. The Hall–Kier alpha value is -2.78. The zero-order valence-corrected chi connectivity index (χ0v) is 18.9. The standard InChI is InChI=1S/C22H29N3O5S/c1-29-19-8-4-17(5-9-19)21(23-31(3,27)28)16-22(26)25-14-12-24(13-15-25)18-6-10-20(30-2)11-7-18/h4-11,21,23H,12-16H2,1-3H3. The highest BCUT2D eigenvalue weighted by atomic mass is 32.2. The third-order valence-electron chi connectivity index (χ3n) is 5.32. The monoisotopic (exact) mass is 447 g/mol. The maximum absolute atomic E-state index is 12.9. The van der Waals surface area contributed by atoms with Gasteiger partial charge in [0, 0.05) is 38.3 Å². The summed E-state index contributed by atoms with van der Waals surface area (Å²) < 4.78 is 36.7. The molecule has 1 fully saturated rings. The number of sulfonamides is 1. The van der Waals surface area contributed by atoms with Crippen LogP contribution in [0.5, 0.6) is 11.5 Å². The van der Waals surface area contributed by atoms with E-state index < -0.39 is 16.1 Å². The molecule has 31 heavy (non-hydrogen) atoms. The van der Waals surface area contributed by atoms with E-state index in [1.807, 2.05) is 24.3 Å². The molecular formula is C22H29N3O5S. The van der Waals surface area contributed by atoms with E-state index in [-0.39, 0.29) is 12.3 Å². The predicted molar refractivity (Wildman–Crippen MR) is 120 cm³/mol. The smallest absolute Gasteiger partial charge is 0.224 e. The molecule has 1 N–H and O–H groups in total. The van der Waals surface area contributed by atoms with Crippen molar-refractivity contribution in [1.29, 1.82) is 0 Å². The van der Waals surface area contributed by atoms with Crippen LogP contribution in [0.4, 0.5) is 5.69 Å². The molecule has 9 heteroatoms. The molecule has 0 bridgehead atoms. The van der Waals surface area contributed by atoms with Gasteiger partial charge in [0.15, 0.2) is 0 Å². The highest BCUT2D eigenvalue weighted by molar-refractivity contribution is 7.88. The van der Waals surface area contributed by atoms with Crippen LogP contribution in [0, 0.1) is 0 Å². The number of carbonyl (C=O) groups excluding carboxylic acids is 1. The molecule has 8 nitrogen and oxygen atoms in total. The first kappa shape index (κ1) is 22.9. The molecule has 2 aromatic carbocycles. The first-order valence-electron chi connectivity index (χ1n) is 10.1. The number of nitrogens with one attached hydrogen (secondary N) is 1. The van der Waals surface area contributed by atoms with Crippen LogP contribution in [0.2, 0.25) is 0 Å². The summed E-state index contributed by atoms with van der Waals surface area (Å²) in [6, 6.07) is 14.3. The van der Waals surface area contributed by atoms with Gasteiger partial charge in [-0.25, -0.2) is 13.1 Å². The molecule has 0 spiro atoms. The Morgan fingerprint density at radius 2 is 1.45 bits per heavy atom. The van der Waals surface area contributed by atoms with Crippen molar-refractivity contribution in [3.8, 4) is 11.5 Å². The molecule has 0 aliphatic carbocycles. The SMILES string of the molecule is COc1ccc(C(CC(=O)N2CCN(c3ccc(OC)cc3)CC2)NS(C)(=O)=O)cc1. The van der Waals surface area contributed by atoms with Crippen molar-refractivity contribution >= 4 is 21.6 Å². The third kappa shape index (κ3) is 6.35. The third-order valence-corrected chi connectivity index (χ3v) is 6.04. The number of hydrogen-bond acceptors (Lipinski definition) is 6. The van der Waals surface area contributed by atoms with Gasteiger partial charge in [-0.05, 0) is 42.0 Å². The molecule has 1 saturated heterocycles. The first-order valence-corrected chi connectivity index (χ1v) is 12.0. The van der Waals surface area contributed by atoms with Crippen molar-refractivity contribution in [3.05, 3.63) is 54.1 Å². The predicted octanol–water partition coefficient (Wildman–Crippen LogP) is 2.03. The van der Waals surface area contributed by atoms with Crippen LogP contribution >= 0.6 is 0 Å². The Bertz CT molecular complexity index is 969. The second kappa shape index (κ2) is 10.0. The summed E-state index contributed by atoms with van der Waals surface area (Å²) >= 11 is 0. The molecule has 1 aliphatic rings. The molecule has 1 amide bonds. The van der Waals surface area contributed by atoms with Crippen LogP contribution in [0.1, 0.15) is 18.0 Å². The number of ether oxygens (including phenoxy) is 2. The van der Waals surface area contributed by atoms with E-state index in [0.717, 1.165) is 23.3 Å². The molecule has 1 atom stereocenters. The fourth-order valence-corrected chi connectivity index (χ4v) is 4.37. The zero-order chi connectivity index (χ0) is 22.4. The van der Waals surface area contributed by atoms with E-state index >= 15 is 0 Å². The summed E-state index contributed by atoms with van der Waals surface area (Å²) in [5.41, 5.74) is 1.80. The van der Waals surface area contributed by atoms with Crippen molar-refractivity contribution in [2.45, 2.75) is 12.5 Å². The quantitative estimate of drug-likeness (QED) is 0.666. The average Bonchev–Trinajstić information content (AvgIpc) is 2.78. The van der Waals surface area contributed by atoms with E-state index in [0.29, 0.717) is 31.9 Å².